The van der Waals surface area contributed by atoms with Crippen molar-refractivity contribution in [2.45, 2.75) is 12.5 Å². The van der Waals surface area contributed by atoms with E-state index in [4.69, 9.17) is 18.8 Å². The first-order valence-electron chi connectivity index (χ1n) is 10.0. The van der Waals surface area contributed by atoms with Gasteiger partial charge in [-0.05, 0) is 24.3 Å². The second-order valence-corrected chi connectivity index (χ2v) is 7.40. The van der Waals surface area contributed by atoms with Crippen molar-refractivity contribution in [2.24, 2.45) is 0 Å². The van der Waals surface area contributed by atoms with Gasteiger partial charge in [-0.2, -0.15) is 0 Å². The van der Waals surface area contributed by atoms with Gasteiger partial charge in [0, 0.05) is 29.3 Å². The summed E-state index contributed by atoms with van der Waals surface area (Å²) in [5.74, 6) is -0.00295. The lowest BCUT2D eigenvalue weighted by Crippen LogP contribution is -2.25. The van der Waals surface area contributed by atoms with E-state index in [9.17, 15) is 14.0 Å². The summed E-state index contributed by atoms with van der Waals surface area (Å²) in [6.07, 6.45) is 3.28. The number of aromatic nitrogens is 3. The number of rotatable bonds is 6. The fraction of sp³-hybridized carbons (Fsp3) is 0.136. The molecule has 1 aliphatic rings. The third-order valence-corrected chi connectivity index (χ3v) is 5.21. The van der Waals surface area contributed by atoms with Crippen LogP contribution >= 0.6 is 0 Å². The minimum absolute atomic E-state index is 0.0281. The van der Waals surface area contributed by atoms with E-state index in [1.54, 1.807) is 24.3 Å². The van der Waals surface area contributed by atoms with Crippen molar-refractivity contribution in [3.8, 4) is 22.6 Å². The van der Waals surface area contributed by atoms with Gasteiger partial charge in [0.05, 0.1) is 18.4 Å². The van der Waals surface area contributed by atoms with Gasteiger partial charge in [-0.25, -0.2) is 19.0 Å². The van der Waals surface area contributed by atoms with Crippen molar-refractivity contribution in [3.05, 3.63) is 66.8 Å². The third-order valence-electron chi connectivity index (χ3n) is 5.21. The van der Waals surface area contributed by atoms with E-state index in [-0.39, 0.29) is 18.8 Å². The number of nitrogens with one attached hydrogen (secondary N) is 1. The highest BCUT2D eigenvalue weighted by Crippen LogP contribution is 2.30. The number of oxazole rings is 1. The Morgan fingerprint density at radius 3 is 2.85 bits per heavy atom. The molecule has 1 fully saturated rings. The van der Waals surface area contributed by atoms with Crippen LogP contribution in [0.1, 0.15) is 5.56 Å². The van der Waals surface area contributed by atoms with Gasteiger partial charge in [-0.3, -0.25) is 15.2 Å². The molecule has 1 aromatic carbocycles. The maximum absolute atomic E-state index is 14.9. The zero-order valence-corrected chi connectivity index (χ0v) is 17.3. The molecule has 2 amide bonds. The van der Waals surface area contributed by atoms with Gasteiger partial charge in [0.1, 0.15) is 23.9 Å². The number of pyridine rings is 1. The number of halogens is 1. The second kappa shape index (κ2) is 8.65. The molecule has 2 N–H and O–H groups in total. The molecule has 3 aromatic heterocycles. The van der Waals surface area contributed by atoms with Crippen molar-refractivity contribution in [1.82, 2.24) is 15.1 Å². The number of carbonyl (C=O) groups is 2. The molecular weight excluding hydrogens is 449 g/mol. The van der Waals surface area contributed by atoms with Gasteiger partial charge in [0.2, 0.25) is 0 Å². The van der Waals surface area contributed by atoms with Crippen LogP contribution in [0.15, 0.2) is 64.3 Å². The molecule has 0 radical (unpaired) electrons. The van der Waals surface area contributed by atoms with Crippen molar-refractivity contribution < 1.29 is 32.8 Å². The maximum atomic E-state index is 14.9. The molecule has 4 aromatic rings. The fourth-order valence-corrected chi connectivity index (χ4v) is 3.64. The quantitative estimate of drug-likeness (QED) is 0.428. The number of hydrogen-bond acceptors (Lipinski definition) is 8. The molecule has 0 spiro atoms. The lowest BCUT2D eigenvalue weighted by molar-refractivity contribution is 0.141. The van der Waals surface area contributed by atoms with Gasteiger partial charge in [-0.1, -0.05) is 11.2 Å². The molecule has 1 atom stereocenters. The molecule has 0 unspecified atom stereocenters. The molecular formula is C22H16FN5O6. The third kappa shape index (κ3) is 4.16. The topological polar surface area (TPSA) is 144 Å². The molecule has 1 saturated heterocycles. The highest BCUT2D eigenvalue weighted by Gasteiger charge is 2.34. The van der Waals surface area contributed by atoms with Crippen molar-refractivity contribution in [3.63, 3.8) is 0 Å². The predicted molar refractivity (Wildman–Crippen MR) is 115 cm³/mol. The standard InChI is InChI=1S/C22H16FN5O6/c23-17-6-14(2-3-16(17)12-1-4-18(25-7-12)19-8-24-11-32-19)28-9-15(34-22(28)31)5-13-10-33-27-20(13)26-21(29)30/h1-4,6-8,10-11,15H,5,9H2,(H,26,27)(H,29,30)/t15-/m1/s1. The number of cyclic esters (lactones) is 1. The summed E-state index contributed by atoms with van der Waals surface area (Å²) < 4.78 is 30.3. The van der Waals surface area contributed by atoms with Crippen molar-refractivity contribution >= 4 is 23.7 Å². The highest BCUT2D eigenvalue weighted by molar-refractivity contribution is 5.90. The summed E-state index contributed by atoms with van der Waals surface area (Å²) in [5, 5.41) is 14.6. The van der Waals surface area contributed by atoms with E-state index in [1.165, 1.54) is 36.0 Å². The summed E-state index contributed by atoms with van der Waals surface area (Å²) in [6, 6.07) is 7.84. The van der Waals surface area contributed by atoms with E-state index in [1.807, 2.05) is 0 Å². The lowest BCUT2D eigenvalue weighted by atomic mass is 10.1. The number of ether oxygens (including phenoxy) is 1. The SMILES string of the molecule is O=C(O)Nc1nocc1C[C@@H]1CN(c2ccc(-c3ccc(-c4cnco4)nc3)c(F)c2)C(=O)O1. The molecule has 172 valence electrons. The largest absolute Gasteiger partial charge is 0.465 e. The first-order valence-corrected chi connectivity index (χ1v) is 10.0. The van der Waals surface area contributed by atoms with E-state index in [0.717, 1.165) is 0 Å². The summed E-state index contributed by atoms with van der Waals surface area (Å²) in [4.78, 5) is 32.7. The van der Waals surface area contributed by atoms with Crippen LogP contribution < -0.4 is 10.2 Å². The smallest absolute Gasteiger partial charge is 0.414 e. The second-order valence-electron chi connectivity index (χ2n) is 7.40. The predicted octanol–water partition coefficient (Wildman–Crippen LogP) is 4.19. The van der Waals surface area contributed by atoms with E-state index < -0.39 is 24.1 Å². The molecule has 0 aliphatic carbocycles. The lowest BCUT2D eigenvalue weighted by Gasteiger charge is -2.14. The molecule has 11 nitrogen and oxygen atoms in total. The number of hydrogen-bond donors (Lipinski definition) is 2. The van der Waals surface area contributed by atoms with Crippen LogP contribution in [0.4, 0.5) is 25.5 Å². The fourth-order valence-electron chi connectivity index (χ4n) is 3.64. The van der Waals surface area contributed by atoms with Gasteiger partial charge in [0.15, 0.2) is 18.0 Å². The van der Waals surface area contributed by atoms with Gasteiger partial charge in [0.25, 0.3) is 0 Å². The Hall–Kier alpha value is -4.74. The number of benzene rings is 1. The Balaban J connectivity index is 1.30. The molecule has 34 heavy (non-hydrogen) atoms. The van der Waals surface area contributed by atoms with Gasteiger partial charge in [-0.15, -0.1) is 0 Å². The Morgan fingerprint density at radius 1 is 1.26 bits per heavy atom. The van der Waals surface area contributed by atoms with Crippen LogP contribution in [-0.4, -0.2) is 45.1 Å². The zero-order valence-electron chi connectivity index (χ0n) is 17.3. The van der Waals surface area contributed by atoms with Crippen LogP contribution in [0.3, 0.4) is 0 Å². The van der Waals surface area contributed by atoms with Crippen LogP contribution in [0.5, 0.6) is 0 Å². The van der Waals surface area contributed by atoms with E-state index >= 15 is 0 Å². The molecule has 12 heteroatoms. The van der Waals surface area contributed by atoms with Crippen molar-refractivity contribution in [2.75, 3.05) is 16.8 Å². The number of amides is 2. The Bertz CT molecular complexity index is 1340. The molecule has 0 bridgehead atoms. The zero-order chi connectivity index (χ0) is 23.7. The summed E-state index contributed by atoms with van der Waals surface area (Å²) in [7, 11) is 0. The van der Waals surface area contributed by atoms with Crippen LogP contribution in [0, 0.1) is 5.82 Å². The van der Waals surface area contributed by atoms with E-state index in [2.05, 4.69) is 20.4 Å². The minimum Gasteiger partial charge on any atom is -0.465 e. The summed E-state index contributed by atoms with van der Waals surface area (Å²) in [6.45, 7) is 0.142. The molecule has 5 rings (SSSR count). The number of anilines is 2. The Kier molecular flexibility index (Phi) is 5.38. The number of carbonyl (C=O) groups excluding carboxylic acids is 1. The average Bonchev–Trinajstić information content (AvgIpc) is 3.56. The van der Waals surface area contributed by atoms with Gasteiger partial charge >= 0.3 is 12.2 Å². The average molecular weight is 465 g/mol. The van der Waals surface area contributed by atoms with Crippen LogP contribution in [-0.2, 0) is 11.2 Å². The summed E-state index contributed by atoms with van der Waals surface area (Å²) >= 11 is 0. The molecule has 1 aliphatic heterocycles. The minimum atomic E-state index is -1.29. The molecule has 4 heterocycles. The summed E-state index contributed by atoms with van der Waals surface area (Å²) in [5.41, 5.74) is 2.20. The first kappa shape index (κ1) is 21.1. The number of carboxylic acid groups (broad SMARTS) is 1. The highest BCUT2D eigenvalue weighted by atomic mass is 19.1. The molecule has 0 saturated carbocycles. The van der Waals surface area contributed by atoms with Crippen molar-refractivity contribution in [1.29, 1.82) is 0 Å². The normalized spacial score (nSPS) is 15.4. The Morgan fingerprint density at radius 2 is 2.15 bits per heavy atom. The maximum Gasteiger partial charge on any atom is 0.414 e. The Labute approximate surface area is 190 Å². The first-order chi connectivity index (χ1) is 16.5. The van der Waals surface area contributed by atoms with Crippen LogP contribution in [0.25, 0.3) is 22.6 Å². The number of nitrogens with zero attached hydrogens (tertiary/aromatic N) is 4. The van der Waals surface area contributed by atoms with Gasteiger partial charge < -0.3 is 18.8 Å². The van der Waals surface area contributed by atoms with Crippen LogP contribution in [0.2, 0.25) is 0 Å². The van der Waals surface area contributed by atoms with E-state index in [0.29, 0.717) is 33.8 Å². The monoisotopic (exact) mass is 465 g/mol.